The van der Waals surface area contributed by atoms with E-state index in [1.165, 1.54) is 56.7 Å². The average Bonchev–Trinajstić information content (AvgIpc) is 3.12. The highest BCUT2D eigenvalue weighted by Crippen LogP contribution is 2.52. The molecule has 0 amide bonds. The molecule has 7 N–H and O–H groups in total. The maximum Gasteiger partial charge on any atom is 0.331 e. The first-order valence-corrected chi connectivity index (χ1v) is 16.3. The lowest BCUT2D eigenvalue weighted by Crippen LogP contribution is -2.53. The summed E-state index contributed by atoms with van der Waals surface area (Å²) in [5, 5.41) is 55.3. The van der Waals surface area contributed by atoms with Crippen molar-refractivity contribution in [1.29, 1.82) is 0 Å². The maximum atomic E-state index is 13.9. The van der Waals surface area contributed by atoms with Gasteiger partial charge in [-0.2, -0.15) is 0 Å². The standard InChI is InChI=1S/C37H37NO14/c1-16-32(42)20(38)12-27(51-16)52-24-14-37(47,25(40)15-50-26(41)10-8-17-7-9-21(39)23(11-17)49-3)13-19-29(24)36(46)31-30(34(19)44)33(43)18-5-4-6-22(48-2)28(18)35(31)45/h4-11,16,20,24,27,32,39,42,44,46-47H,12-15,38H2,1-3H3/b10-8+/t16-,20-,24?,27-,32+,37-/m0/s1. The van der Waals surface area contributed by atoms with Crippen molar-refractivity contribution in [3.05, 3.63) is 81.4 Å². The minimum Gasteiger partial charge on any atom is -0.507 e. The van der Waals surface area contributed by atoms with Gasteiger partial charge in [-0.25, -0.2) is 4.79 Å². The number of carbonyl (C=O) groups excluding carboxylic acids is 4. The van der Waals surface area contributed by atoms with Gasteiger partial charge in [-0.1, -0.05) is 18.2 Å². The van der Waals surface area contributed by atoms with Crippen molar-refractivity contribution >= 4 is 29.4 Å². The van der Waals surface area contributed by atoms with Crippen molar-refractivity contribution in [3.8, 4) is 28.7 Å². The first kappa shape index (κ1) is 36.5. The summed E-state index contributed by atoms with van der Waals surface area (Å²) in [4.78, 5) is 53.9. The average molecular weight is 720 g/mol. The number of hydrogen-bond donors (Lipinski definition) is 6. The number of nitrogens with two attached hydrogens (primary N) is 1. The number of carbonyl (C=O) groups is 4. The molecule has 0 saturated carbocycles. The van der Waals surface area contributed by atoms with Gasteiger partial charge in [0, 0.05) is 48.1 Å². The highest BCUT2D eigenvalue weighted by Gasteiger charge is 2.50. The van der Waals surface area contributed by atoms with Crippen LogP contribution >= 0.6 is 0 Å². The number of methoxy groups -OCH3 is 2. The number of ether oxygens (including phenoxy) is 5. The fourth-order valence-corrected chi connectivity index (χ4v) is 6.88. The van der Waals surface area contributed by atoms with E-state index < -0.39 is 102 Å². The summed E-state index contributed by atoms with van der Waals surface area (Å²) in [6.45, 7) is 0.640. The number of esters is 1. The molecule has 0 bridgehead atoms. The molecule has 1 heterocycles. The Balaban J connectivity index is 1.34. The molecule has 3 aliphatic rings. The van der Waals surface area contributed by atoms with Crippen LogP contribution < -0.4 is 15.2 Å². The molecule has 3 aromatic rings. The Morgan fingerprint density at radius 3 is 2.40 bits per heavy atom. The van der Waals surface area contributed by atoms with Crippen molar-refractivity contribution in [2.24, 2.45) is 5.73 Å². The van der Waals surface area contributed by atoms with Gasteiger partial charge in [-0.3, -0.25) is 14.4 Å². The molecule has 1 aliphatic heterocycles. The van der Waals surface area contributed by atoms with E-state index in [0.717, 1.165) is 6.08 Å². The summed E-state index contributed by atoms with van der Waals surface area (Å²) in [6.07, 6.45) is -3.30. The Bertz CT molecular complexity index is 1990. The van der Waals surface area contributed by atoms with Crippen molar-refractivity contribution in [2.45, 2.75) is 62.4 Å². The molecule has 1 unspecified atom stereocenters. The molecule has 15 heteroatoms. The lowest BCUT2D eigenvalue weighted by atomic mass is 9.72. The van der Waals surface area contributed by atoms with Crippen molar-refractivity contribution in [2.75, 3.05) is 20.8 Å². The molecule has 15 nitrogen and oxygen atoms in total. The third kappa shape index (κ3) is 6.37. The van der Waals surface area contributed by atoms with Gasteiger partial charge >= 0.3 is 5.97 Å². The topological polar surface area (TPSA) is 242 Å². The van der Waals surface area contributed by atoms with Gasteiger partial charge < -0.3 is 55.0 Å². The number of phenolic OH excluding ortho intramolecular Hbond substituents is 3. The molecule has 6 rings (SSSR count). The number of Topliss-reactive ketones (excluding diaryl/α,β-unsaturated/α-hetero) is 1. The predicted molar refractivity (Wildman–Crippen MR) is 179 cm³/mol. The number of benzene rings is 3. The van der Waals surface area contributed by atoms with Crippen LogP contribution in [0.5, 0.6) is 28.7 Å². The first-order chi connectivity index (χ1) is 24.7. The smallest absolute Gasteiger partial charge is 0.331 e. The van der Waals surface area contributed by atoms with E-state index in [-0.39, 0.29) is 45.9 Å². The van der Waals surface area contributed by atoms with Crippen LogP contribution in [0.2, 0.25) is 0 Å². The summed E-state index contributed by atoms with van der Waals surface area (Å²) >= 11 is 0. The Labute approximate surface area is 296 Å². The highest BCUT2D eigenvalue weighted by atomic mass is 16.7. The minimum absolute atomic E-state index is 0.0414. The lowest BCUT2D eigenvalue weighted by molar-refractivity contribution is -0.247. The molecular weight excluding hydrogens is 682 g/mol. The van der Waals surface area contributed by atoms with Crippen LogP contribution in [0.25, 0.3) is 6.08 Å². The van der Waals surface area contributed by atoms with Crippen molar-refractivity contribution in [1.82, 2.24) is 0 Å². The number of ketones is 3. The monoisotopic (exact) mass is 719 g/mol. The Hall–Kier alpha value is -5.32. The van der Waals surface area contributed by atoms with E-state index in [4.69, 9.17) is 29.4 Å². The van der Waals surface area contributed by atoms with Crippen molar-refractivity contribution < 1.29 is 68.4 Å². The summed E-state index contributed by atoms with van der Waals surface area (Å²) in [5.74, 6) is -4.93. The fraction of sp³-hybridized carbons (Fsp3) is 0.351. The van der Waals surface area contributed by atoms with E-state index in [0.29, 0.717) is 5.56 Å². The SMILES string of the molecule is COc1cc(/C=C/C(=O)OCC(=O)[C@]2(O)Cc3c(O)c4c(c(O)c3C(O[C@H]3C[C@H](N)[C@H](O)[C@H](C)O3)C2)C(=O)c2c(OC)cccc2C4=O)ccc1O. The zero-order valence-corrected chi connectivity index (χ0v) is 28.3. The van der Waals surface area contributed by atoms with E-state index in [2.05, 4.69) is 0 Å². The van der Waals surface area contributed by atoms with Crippen LogP contribution in [0.4, 0.5) is 0 Å². The van der Waals surface area contributed by atoms with Gasteiger partial charge in [0.15, 0.2) is 30.2 Å². The third-order valence-electron chi connectivity index (χ3n) is 9.62. The summed E-state index contributed by atoms with van der Waals surface area (Å²) in [7, 11) is 2.67. The number of aliphatic hydroxyl groups excluding tert-OH is 1. The highest BCUT2D eigenvalue weighted by molar-refractivity contribution is 6.31. The summed E-state index contributed by atoms with van der Waals surface area (Å²) in [5.41, 5.74) is 2.48. The Kier molecular flexibility index (Phi) is 9.83. The molecule has 3 aromatic carbocycles. The van der Waals surface area contributed by atoms with Crippen LogP contribution in [0.1, 0.15) is 74.4 Å². The largest absolute Gasteiger partial charge is 0.507 e. The van der Waals surface area contributed by atoms with Gasteiger partial charge in [0.1, 0.15) is 22.8 Å². The number of aliphatic hydroxyl groups is 2. The molecule has 0 radical (unpaired) electrons. The normalized spacial score (nSPS) is 25.2. The van der Waals surface area contributed by atoms with E-state index >= 15 is 0 Å². The minimum atomic E-state index is -2.39. The van der Waals surface area contributed by atoms with E-state index in [9.17, 15) is 44.7 Å². The van der Waals surface area contributed by atoms with Gasteiger partial charge in [0.25, 0.3) is 0 Å². The molecule has 0 spiro atoms. The van der Waals surface area contributed by atoms with Gasteiger partial charge in [-0.15, -0.1) is 0 Å². The van der Waals surface area contributed by atoms with Crippen LogP contribution in [0.15, 0.2) is 42.5 Å². The maximum absolute atomic E-state index is 13.9. The Morgan fingerprint density at radius 2 is 1.71 bits per heavy atom. The number of fused-ring (bicyclic) bond motifs is 3. The van der Waals surface area contributed by atoms with Gasteiger partial charge in [0.2, 0.25) is 11.6 Å². The van der Waals surface area contributed by atoms with Crippen LogP contribution in [0, 0.1) is 0 Å². The number of phenols is 3. The van der Waals surface area contributed by atoms with Crippen LogP contribution in [0.3, 0.4) is 0 Å². The van der Waals surface area contributed by atoms with Crippen LogP contribution in [-0.4, -0.2) is 99.8 Å². The molecule has 6 atom stereocenters. The molecule has 0 aromatic heterocycles. The Morgan fingerprint density at radius 1 is 1.00 bits per heavy atom. The summed E-state index contributed by atoms with van der Waals surface area (Å²) in [6, 6.07) is 7.85. The number of hydrogen-bond acceptors (Lipinski definition) is 15. The first-order valence-electron chi connectivity index (χ1n) is 16.3. The summed E-state index contributed by atoms with van der Waals surface area (Å²) < 4.78 is 27.4. The molecule has 274 valence electrons. The lowest BCUT2D eigenvalue weighted by Gasteiger charge is -2.42. The zero-order chi connectivity index (χ0) is 37.6. The second kappa shape index (κ2) is 14.0. The number of aromatic hydroxyl groups is 3. The van der Waals surface area contributed by atoms with Gasteiger partial charge in [-0.05, 0) is 36.8 Å². The molecule has 1 fully saturated rings. The van der Waals surface area contributed by atoms with Gasteiger partial charge in [0.05, 0.1) is 49.2 Å². The molecule has 1 saturated heterocycles. The third-order valence-corrected chi connectivity index (χ3v) is 9.62. The number of rotatable bonds is 9. The quantitative estimate of drug-likeness (QED) is 0.0823. The molecule has 52 heavy (non-hydrogen) atoms. The van der Waals surface area contributed by atoms with Crippen LogP contribution in [-0.2, 0) is 30.2 Å². The van der Waals surface area contributed by atoms with Crippen molar-refractivity contribution in [3.63, 3.8) is 0 Å². The predicted octanol–water partition coefficient (Wildman–Crippen LogP) is 1.98. The molecular formula is C37H37NO14. The zero-order valence-electron chi connectivity index (χ0n) is 28.3. The van der Waals surface area contributed by atoms with E-state index in [1.54, 1.807) is 6.92 Å². The second-order valence-corrected chi connectivity index (χ2v) is 12.9. The second-order valence-electron chi connectivity index (χ2n) is 12.9. The fourth-order valence-electron chi connectivity index (χ4n) is 6.88. The molecule has 2 aliphatic carbocycles. The van der Waals surface area contributed by atoms with E-state index in [1.807, 2.05) is 0 Å².